The molecule has 1 nitrogen and oxygen atoms in total. The van der Waals surface area contributed by atoms with E-state index >= 15 is 0 Å². The van der Waals surface area contributed by atoms with E-state index in [4.69, 9.17) is 0 Å². The van der Waals surface area contributed by atoms with Gasteiger partial charge in [0.05, 0.1) is 5.69 Å². The molecule has 0 spiro atoms. The number of benzene rings is 2. The third-order valence-electron chi connectivity index (χ3n) is 5.00. The zero-order chi connectivity index (χ0) is 18.1. The molecule has 0 aliphatic rings. The van der Waals surface area contributed by atoms with Crippen molar-refractivity contribution in [2.24, 2.45) is 0 Å². The minimum absolute atomic E-state index is 0.0550. The second-order valence-corrected chi connectivity index (χ2v) is 8.25. The Morgan fingerprint density at radius 3 is 2.00 bits per heavy atom. The largest absolute Gasteiger partial charge is 0.256 e. The van der Waals surface area contributed by atoms with E-state index in [0.717, 1.165) is 5.69 Å². The summed E-state index contributed by atoms with van der Waals surface area (Å²) in [6, 6.07) is 23.8. The lowest BCUT2D eigenvalue weighted by Crippen LogP contribution is -2.19. The van der Waals surface area contributed by atoms with Crippen LogP contribution in [-0.2, 0) is 10.8 Å². The quantitative estimate of drug-likeness (QED) is 0.544. The van der Waals surface area contributed by atoms with Crippen molar-refractivity contribution in [1.29, 1.82) is 0 Å². The van der Waals surface area contributed by atoms with Gasteiger partial charge in [0.25, 0.3) is 0 Å². The summed E-state index contributed by atoms with van der Waals surface area (Å²) in [5.74, 6) is 0. The molecule has 0 bridgehead atoms. The smallest absolute Gasteiger partial charge is 0.0705 e. The Hall–Kier alpha value is -2.41. The molecule has 0 aliphatic heterocycles. The molecular formula is C24H27N. The van der Waals surface area contributed by atoms with Gasteiger partial charge < -0.3 is 0 Å². The van der Waals surface area contributed by atoms with Gasteiger partial charge in [-0.2, -0.15) is 0 Å². The topological polar surface area (TPSA) is 12.9 Å². The van der Waals surface area contributed by atoms with Crippen molar-refractivity contribution in [3.05, 3.63) is 89.6 Å². The van der Waals surface area contributed by atoms with Crippen molar-refractivity contribution in [1.82, 2.24) is 4.98 Å². The molecule has 128 valence electrons. The van der Waals surface area contributed by atoms with E-state index in [2.05, 4.69) is 106 Å². The Bertz CT molecular complexity index is 855. The highest BCUT2D eigenvalue weighted by Gasteiger charge is 2.23. The van der Waals surface area contributed by atoms with Crippen molar-refractivity contribution in [2.75, 3.05) is 0 Å². The van der Waals surface area contributed by atoms with Gasteiger partial charge in [0.15, 0.2) is 0 Å². The van der Waals surface area contributed by atoms with Crippen LogP contribution in [0, 0.1) is 0 Å². The van der Waals surface area contributed by atoms with Crippen LogP contribution in [0.4, 0.5) is 0 Å². The van der Waals surface area contributed by atoms with Crippen LogP contribution in [0.3, 0.4) is 0 Å². The van der Waals surface area contributed by atoms with Crippen LogP contribution < -0.4 is 0 Å². The molecule has 3 aromatic rings. The summed E-state index contributed by atoms with van der Waals surface area (Å²) >= 11 is 0. The number of hydrogen-bond donors (Lipinski definition) is 0. The molecule has 0 unspecified atom stereocenters. The Morgan fingerprint density at radius 1 is 0.640 bits per heavy atom. The second-order valence-electron chi connectivity index (χ2n) is 8.25. The summed E-state index contributed by atoms with van der Waals surface area (Å²) in [6.07, 6.45) is 1.93. The molecule has 0 saturated heterocycles. The van der Waals surface area contributed by atoms with Crippen LogP contribution in [0.15, 0.2) is 72.9 Å². The minimum atomic E-state index is -0.0550. The van der Waals surface area contributed by atoms with Crippen molar-refractivity contribution in [3.8, 4) is 11.3 Å². The average molecular weight is 329 g/mol. The SMILES string of the molecule is CC(C)(C)c1cccc(-c2cc(C(C)(C)c3ccccc3)ccn2)c1. The molecule has 0 atom stereocenters. The van der Waals surface area contributed by atoms with Gasteiger partial charge in [-0.25, -0.2) is 0 Å². The number of aromatic nitrogens is 1. The first-order chi connectivity index (χ1) is 11.8. The van der Waals surface area contributed by atoms with E-state index in [1.54, 1.807) is 0 Å². The summed E-state index contributed by atoms with van der Waals surface area (Å²) in [7, 11) is 0. The van der Waals surface area contributed by atoms with E-state index in [-0.39, 0.29) is 10.8 Å². The molecule has 1 heterocycles. The maximum absolute atomic E-state index is 4.64. The summed E-state index contributed by atoms with van der Waals surface area (Å²) < 4.78 is 0. The van der Waals surface area contributed by atoms with E-state index in [9.17, 15) is 0 Å². The molecule has 0 saturated carbocycles. The normalized spacial score (nSPS) is 12.2. The first kappa shape index (κ1) is 17.4. The predicted molar refractivity (Wildman–Crippen MR) is 107 cm³/mol. The Kier molecular flexibility index (Phi) is 4.51. The van der Waals surface area contributed by atoms with E-state index in [1.165, 1.54) is 22.3 Å². The van der Waals surface area contributed by atoms with E-state index in [0.29, 0.717) is 0 Å². The Labute approximate surface area is 151 Å². The van der Waals surface area contributed by atoms with Gasteiger partial charge in [0.2, 0.25) is 0 Å². The van der Waals surface area contributed by atoms with Gasteiger partial charge >= 0.3 is 0 Å². The Balaban J connectivity index is 2.03. The number of nitrogens with zero attached hydrogens (tertiary/aromatic N) is 1. The molecule has 2 aromatic carbocycles. The molecular weight excluding hydrogens is 302 g/mol. The fourth-order valence-corrected chi connectivity index (χ4v) is 3.14. The van der Waals surface area contributed by atoms with E-state index < -0.39 is 0 Å². The molecule has 25 heavy (non-hydrogen) atoms. The highest BCUT2D eigenvalue weighted by molar-refractivity contribution is 5.62. The van der Waals surface area contributed by atoms with Crippen molar-refractivity contribution < 1.29 is 0 Å². The van der Waals surface area contributed by atoms with Crippen LogP contribution in [0.2, 0.25) is 0 Å². The van der Waals surface area contributed by atoms with Gasteiger partial charge in [0.1, 0.15) is 0 Å². The molecule has 0 radical (unpaired) electrons. The van der Waals surface area contributed by atoms with Gasteiger partial charge in [-0.3, -0.25) is 4.98 Å². The highest BCUT2D eigenvalue weighted by atomic mass is 14.7. The first-order valence-corrected chi connectivity index (χ1v) is 8.91. The minimum Gasteiger partial charge on any atom is -0.256 e. The maximum atomic E-state index is 4.64. The highest BCUT2D eigenvalue weighted by Crippen LogP contribution is 2.33. The van der Waals surface area contributed by atoms with Crippen LogP contribution in [0.5, 0.6) is 0 Å². The number of pyridine rings is 1. The van der Waals surface area contributed by atoms with Gasteiger partial charge in [-0.1, -0.05) is 83.1 Å². The first-order valence-electron chi connectivity index (χ1n) is 8.91. The summed E-state index contributed by atoms with van der Waals surface area (Å²) in [4.78, 5) is 4.64. The van der Waals surface area contributed by atoms with E-state index in [1.807, 2.05) is 6.20 Å². The van der Waals surface area contributed by atoms with Crippen molar-refractivity contribution >= 4 is 0 Å². The third kappa shape index (κ3) is 3.66. The number of rotatable bonds is 3. The van der Waals surface area contributed by atoms with Crippen LogP contribution >= 0.6 is 0 Å². The lowest BCUT2D eigenvalue weighted by atomic mass is 9.78. The average Bonchev–Trinajstić information content (AvgIpc) is 2.62. The van der Waals surface area contributed by atoms with Crippen molar-refractivity contribution in [3.63, 3.8) is 0 Å². The zero-order valence-corrected chi connectivity index (χ0v) is 15.9. The molecule has 1 heteroatoms. The van der Waals surface area contributed by atoms with Gasteiger partial charge in [-0.05, 0) is 40.3 Å². The fourth-order valence-electron chi connectivity index (χ4n) is 3.14. The molecule has 0 aliphatic carbocycles. The summed E-state index contributed by atoms with van der Waals surface area (Å²) in [6.45, 7) is 11.3. The molecule has 0 N–H and O–H groups in total. The third-order valence-corrected chi connectivity index (χ3v) is 5.00. The van der Waals surface area contributed by atoms with Crippen LogP contribution in [-0.4, -0.2) is 4.98 Å². The second kappa shape index (κ2) is 6.48. The van der Waals surface area contributed by atoms with Gasteiger partial charge in [0, 0.05) is 17.2 Å². The predicted octanol–water partition coefficient (Wildman–Crippen LogP) is 6.37. The molecule has 1 aromatic heterocycles. The molecule has 0 amide bonds. The standard InChI is InChI=1S/C24H27N/c1-23(2,3)20-13-9-10-18(16-20)22-17-21(14-15-25-22)24(4,5)19-11-7-6-8-12-19/h6-17H,1-5H3. The monoisotopic (exact) mass is 329 g/mol. The lowest BCUT2D eigenvalue weighted by molar-refractivity contribution is 0.590. The summed E-state index contributed by atoms with van der Waals surface area (Å²) in [5, 5.41) is 0. The van der Waals surface area contributed by atoms with Crippen molar-refractivity contribution in [2.45, 2.75) is 45.4 Å². The zero-order valence-electron chi connectivity index (χ0n) is 15.9. The maximum Gasteiger partial charge on any atom is 0.0705 e. The van der Waals surface area contributed by atoms with Gasteiger partial charge in [-0.15, -0.1) is 0 Å². The lowest BCUT2D eigenvalue weighted by Gasteiger charge is -2.26. The number of hydrogen-bond acceptors (Lipinski definition) is 1. The molecule has 0 fully saturated rings. The fraction of sp³-hybridized carbons (Fsp3) is 0.292. The summed E-state index contributed by atoms with van der Waals surface area (Å²) in [5.41, 5.74) is 6.23. The Morgan fingerprint density at radius 2 is 1.32 bits per heavy atom. The molecule has 3 rings (SSSR count). The van der Waals surface area contributed by atoms with Crippen LogP contribution in [0.25, 0.3) is 11.3 Å². The van der Waals surface area contributed by atoms with Crippen LogP contribution in [0.1, 0.15) is 51.3 Å².